The summed E-state index contributed by atoms with van der Waals surface area (Å²) in [5.41, 5.74) is 1.91. The molecule has 14 heavy (non-hydrogen) atoms. The third-order valence-corrected chi connectivity index (χ3v) is 1.81. The number of thiocarbonyl (C=S) groups is 1. The zero-order valence-electron chi connectivity index (χ0n) is 8.66. The minimum Gasteiger partial charge on any atom is -0.360 e. The van der Waals surface area contributed by atoms with E-state index in [0.717, 1.165) is 11.4 Å². The molecule has 1 aromatic rings. The van der Waals surface area contributed by atoms with Gasteiger partial charge in [0.1, 0.15) is 0 Å². The van der Waals surface area contributed by atoms with E-state index in [1.807, 2.05) is 32.9 Å². The first-order chi connectivity index (χ1) is 6.58. The molecule has 0 aliphatic rings. The van der Waals surface area contributed by atoms with Gasteiger partial charge in [-0.05, 0) is 45.1 Å². The molecular formula is C10H15N3S. The van der Waals surface area contributed by atoms with Crippen LogP contribution in [0.15, 0.2) is 18.3 Å². The lowest BCUT2D eigenvalue weighted by Gasteiger charge is -2.12. The molecule has 4 heteroatoms. The molecule has 0 aliphatic carbocycles. The van der Waals surface area contributed by atoms with Gasteiger partial charge in [-0.3, -0.25) is 4.98 Å². The van der Waals surface area contributed by atoms with E-state index in [4.69, 9.17) is 12.2 Å². The Morgan fingerprint density at radius 3 is 2.64 bits per heavy atom. The number of pyridine rings is 1. The van der Waals surface area contributed by atoms with Crippen molar-refractivity contribution in [3.8, 4) is 0 Å². The molecule has 2 N–H and O–H groups in total. The third kappa shape index (κ3) is 3.70. The Morgan fingerprint density at radius 1 is 1.43 bits per heavy atom. The van der Waals surface area contributed by atoms with Crippen LogP contribution in [0.25, 0.3) is 0 Å². The van der Waals surface area contributed by atoms with Crippen molar-refractivity contribution in [1.29, 1.82) is 0 Å². The van der Waals surface area contributed by atoms with E-state index in [1.54, 1.807) is 6.20 Å². The lowest BCUT2D eigenvalue weighted by Crippen LogP contribution is -2.33. The maximum absolute atomic E-state index is 5.10. The second-order valence-electron chi connectivity index (χ2n) is 3.44. The average molecular weight is 209 g/mol. The summed E-state index contributed by atoms with van der Waals surface area (Å²) < 4.78 is 0. The van der Waals surface area contributed by atoms with E-state index >= 15 is 0 Å². The summed E-state index contributed by atoms with van der Waals surface area (Å²) in [7, 11) is 0. The topological polar surface area (TPSA) is 37.0 Å². The van der Waals surface area contributed by atoms with Crippen molar-refractivity contribution >= 4 is 23.0 Å². The fourth-order valence-corrected chi connectivity index (χ4v) is 1.32. The van der Waals surface area contributed by atoms with Gasteiger partial charge in [-0.1, -0.05) is 0 Å². The molecule has 0 unspecified atom stereocenters. The summed E-state index contributed by atoms with van der Waals surface area (Å²) in [6.45, 7) is 6.04. The smallest absolute Gasteiger partial charge is 0.171 e. The molecule has 0 saturated heterocycles. The Bertz CT molecular complexity index is 306. The summed E-state index contributed by atoms with van der Waals surface area (Å²) in [6, 6.07) is 4.24. The number of hydrogen-bond donors (Lipinski definition) is 2. The van der Waals surface area contributed by atoms with Crippen LogP contribution in [-0.2, 0) is 0 Å². The Hall–Kier alpha value is -1.16. The number of aromatic nitrogens is 1. The SMILES string of the molecule is Cc1ccc(NC(=S)NC(C)C)cn1. The van der Waals surface area contributed by atoms with E-state index < -0.39 is 0 Å². The number of hydrogen-bond acceptors (Lipinski definition) is 2. The van der Waals surface area contributed by atoms with E-state index in [9.17, 15) is 0 Å². The second kappa shape index (κ2) is 4.91. The highest BCUT2D eigenvalue weighted by molar-refractivity contribution is 7.80. The fraction of sp³-hybridized carbons (Fsp3) is 0.400. The molecule has 0 spiro atoms. The van der Waals surface area contributed by atoms with Gasteiger partial charge in [0.25, 0.3) is 0 Å². The van der Waals surface area contributed by atoms with Gasteiger partial charge >= 0.3 is 0 Å². The molecular weight excluding hydrogens is 194 g/mol. The fourth-order valence-electron chi connectivity index (χ4n) is 0.971. The minimum absolute atomic E-state index is 0.341. The third-order valence-electron chi connectivity index (χ3n) is 1.59. The number of nitrogens with one attached hydrogen (secondary N) is 2. The van der Waals surface area contributed by atoms with Crippen LogP contribution in [0.3, 0.4) is 0 Å². The van der Waals surface area contributed by atoms with Crippen LogP contribution in [0.5, 0.6) is 0 Å². The molecule has 0 fully saturated rings. The van der Waals surface area contributed by atoms with Crippen LogP contribution in [0.1, 0.15) is 19.5 Å². The monoisotopic (exact) mass is 209 g/mol. The summed E-state index contributed by atoms with van der Waals surface area (Å²) in [5, 5.41) is 6.79. The van der Waals surface area contributed by atoms with Gasteiger partial charge in [-0.25, -0.2) is 0 Å². The largest absolute Gasteiger partial charge is 0.360 e. The Labute approximate surface area is 89.9 Å². The number of anilines is 1. The van der Waals surface area contributed by atoms with Crippen LogP contribution in [0.2, 0.25) is 0 Å². The molecule has 1 aromatic heterocycles. The summed E-state index contributed by atoms with van der Waals surface area (Å²) >= 11 is 5.10. The van der Waals surface area contributed by atoms with Gasteiger partial charge in [0.05, 0.1) is 11.9 Å². The van der Waals surface area contributed by atoms with Gasteiger partial charge < -0.3 is 10.6 Å². The zero-order chi connectivity index (χ0) is 10.6. The van der Waals surface area contributed by atoms with Gasteiger partial charge in [0, 0.05) is 11.7 Å². The van der Waals surface area contributed by atoms with Crippen molar-refractivity contribution in [2.75, 3.05) is 5.32 Å². The Morgan fingerprint density at radius 2 is 2.14 bits per heavy atom. The van der Waals surface area contributed by atoms with E-state index in [2.05, 4.69) is 15.6 Å². The molecule has 0 aliphatic heterocycles. The molecule has 3 nitrogen and oxygen atoms in total. The minimum atomic E-state index is 0.341. The highest BCUT2D eigenvalue weighted by Gasteiger charge is 1.98. The zero-order valence-corrected chi connectivity index (χ0v) is 9.48. The first-order valence-corrected chi connectivity index (χ1v) is 4.99. The lowest BCUT2D eigenvalue weighted by molar-refractivity contribution is 0.739. The number of nitrogens with zero attached hydrogens (tertiary/aromatic N) is 1. The molecule has 0 amide bonds. The highest BCUT2D eigenvalue weighted by atomic mass is 32.1. The van der Waals surface area contributed by atoms with Crippen LogP contribution < -0.4 is 10.6 Å². The van der Waals surface area contributed by atoms with Crippen molar-refractivity contribution in [1.82, 2.24) is 10.3 Å². The van der Waals surface area contributed by atoms with E-state index in [-0.39, 0.29) is 0 Å². The highest BCUT2D eigenvalue weighted by Crippen LogP contribution is 2.04. The number of rotatable bonds is 2. The van der Waals surface area contributed by atoms with Crippen molar-refractivity contribution < 1.29 is 0 Å². The Kier molecular flexibility index (Phi) is 3.83. The van der Waals surface area contributed by atoms with Crippen molar-refractivity contribution in [3.05, 3.63) is 24.0 Å². The maximum Gasteiger partial charge on any atom is 0.171 e. The molecule has 76 valence electrons. The molecule has 0 aromatic carbocycles. The summed E-state index contributed by atoms with van der Waals surface area (Å²) in [4.78, 5) is 4.16. The van der Waals surface area contributed by atoms with Crippen molar-refractivity contribution in [3.63, 3.8) is 0 Å². The van der Waals surface area contributed by atoms with Gasteiger partial charge in [-0.2, -0.15) is 0 Å². The van der Waals surface area contributed by atoms with E-state index in [1.165, 1.54) is 0 Å². The quantitative estimate of drug-likeness (QED) is 0.731. The predicted molar refractivity (Wildman–Crippen MR) is 63.5 cm³/mol. The van der Waals surface area contributed by atoms with Crippen molar-refractivity contribution in [2.45, 2.75) is 26.8 Å². The van der Waals surface area contributed by atoms with Crippen LogP contribution in [0, 0.1) is 6.92 Å². The number of aryl methyl sites for hydroxylation is 1. The summed E-state index contributed by atoms with van der Waals surface area (Å²) in [6.07, 6.45) is 1.77. The Balaban J connectivity index is 2.52. The molecule has 0 radical (unpaired) electrons. The van der Waals surface area contributed by atoms with Gasteiger partial charge in [-0.15, -0.1) is 0 Å². The normalized spacial score (nSPS) is 10.0. The summed E-state index contributed by atoms with van der Waals surface area (Å²) in [5.74, 6) is 0. The van der Waals surface area contributed by atoms with Crippen molar-refractivity contribution in [2.24, 2.45) is 0 Å². The lowest BCUT2D eigenvalue weighted by atomic mass is 10.3. The standard InChI is InChI=1S/C10H15N3S/c1-7(2)12-10(14)13-9-5-4-8(3)11-6-9/h4-7H,1-3H3,(H2,12,13,14). The second-order valence-corrected chi connectivity index (χ2v) is 3.85. The van der Waals surface area contributed by atoms with Crippen LogP contribution in [-0.4, -0.2) is 16.1 Å². The molecule has 0 atom stereocenters. The van der Waals surface area contributed by atoms with Crippen LogP contribution >= 0.6 is 12.2 Å². The van der Waals surface area contributed by atoms with E-state index in [0.29, 0.717) is 11.2 Å². The van der Waals surface area contributed by atoms with Crippen LogP contribution in [0.4, 0.5) is 5.69 Å². The van der Waals surface area contributed by atoms with Gasteiger partial charge in [0.15, 0.2) is 5.11 Å². The molecule has 1 rings (SSSR count). The average Bonchev–Trinajstić information content (AvgIpc) is 2.07. The molecule has 0 saturated carbocycles. The van der Waals surface area contributed by atoms with Gasteiger partial charge in [0.2, 0.25) is 0 Å². The first kappa shape index (κ1) is 10.9. The molecule has 0 bridgehead atoms. The predicted octanol–water partition coefficient (Wildman–Crippen LogP) is 2.08. The first-order valence-electron chi connectivity index (χ1n) is 4.58. The maximum atomic E-state index is 5.10. The molecule has 1 heterocycles.